The number of nitrogens with two attached hydrogens (primary N) is 1. The van der Waals surface area contributed by atoms with E-state index < -0.39 is 11.9 Å². The first-order chi connectivity index (χ1) is 8.18. The number of thiazole rings is 1. The summed E-state index contributed by atoms with van der Waals surface area (Å²) in [4.78, 5) is 28.6. The molecule has 0 aliphatic carbocycles. The molecule has 1 aromatic heterocycles. The zero-order valence-electron chi connectivity index (χ0n) is 9.26. The van der Waals surface area contributed by atoms with Gasteiger partial charge in [0.25, 0.3) is 0 Å². The molecule has 1 aliphatic heterocycles. The van der Waals surface area contributed by atoms with Crippen LogP contribution in [0.3, 0.4) is 0 Å². The number of primary amides is 1. The van der Waals surface area contributed by atoms with Crippen LogP contribution >= 0.6 is 11.3 Å². The minimum Gasteiger partial charge on any atom is -0.368 e. The maximum Gasteiger partial charge on any atom is 0.242 e. The third kappa shape index (κ3) is 2.73. The minimum atomic E-state index is -0.444. The molecule has 2 amide bonds. The molecule has 0 bridgehead atoms. The Kier molecular flexibility index (Phi) is 3.58. The Morgan fingerprint density at radius 2 is 2.47 bits per heavy atom. The molecule has 0 radical (unpaired) electrons. The molecule has 1 aromatic rings. The van der Waals surface area contributed by atoms with Crippen molar-refractivity contribution in [1.82, 2.24) is 9.88 Å². The van der Waals surface area contributed by atoms with E-state index in [-0.39, 0.29) is 12.5 Å². The second-order valence-electron chi connectivity index (χ2n) is 3.84. The molecule has 0 unspecified atom stereocenters. The van der Waals surface area contributed by atoms with Crippen molar-refractivity contribution in [3.8, 4) is 0 Å². The van der Waals surface area contributed by atoms with Gasteiger partial charge in [-0.05, 0) is 12.8 Å². The molecule has 1 atom stereocenters. The third-order valence-corrected chi connectivity index (χ3v) is 3.46. The first-order valence-electron chi connectivity index (χ1n) is 5.40. The Hall–Kier alpha value is -1.63. The van der Waals surface area contributed by atoms with Crippen molar-refractivity contribution in [2.24, 2.45) is 5.73 Å². The molecule has 3 N–H and O–H groups in total. The molecule has 92 valence electrons. The van der Waals surface area contributed by atoms with Crippen LogP contribution in [0.1, 0.15) is 12.8 Å². The zero-order chi connectivity index (χ0) is 12.3. The second-order valence-corrected chi connectivity index (χ2v) is 4.73. The molecule has 1 fully saturated rings. The second kappa shape index (κ2) is 5.13. The summed E-state index contributed by atoms with van der Waals surface area (Å²) in [5.41, 5.74) is 5.25. The largest absolute Gasteiger partial charge is 0.368 e. The predicted octanol–water partition coefficient (Wildman–Crippen LogP) is 0.0313. The van der Waals surface area contributed by atoms with E-state index in [0.29, 0.717) is 18.1 Å². The van der Waals surface area contributed by atoms with Crippen LogP contribution in [0, 0.1) is 0 Å². The van der Waals surface area contributed by atoms with Crippen molar-refractivity contribution < 1.29 is 9.59 Å². The Morgan fingerprint density at radius 1 is 1.65 bits per heavy atom. The van der Waals surface area contributed by atoms with Crippen LogP contribution in [0.4, 0.5) is 5.13 Å². The van der Waals surface area contributed by atoms with Gasteiger partial charge in [-0.1, -0.05) is 0 Å². The third-order valence-electron chi connectivity index (χ3n) is 2.72. The first-order valence-corrected chi connectivity index (χ1v) is 6.28. The molecule has 2 rings (SSSR count). The number of carbonyl (C=O) groups excluding carboxylic acids is 2. The molecule has 6 nitrogen and oxygen atoms in total. The Bertz CT molecular complexity index is 406. The van der Waals surface area contributed by atoms with Crippen LogP contribution in [0.5, 0.6) is 0 Å². The number of nitrogens with one attached hydrogen (secondary N) is 1. The van der Waals surface area contributed by atoms with Crippen molar-refractivity contribution in [2.75, 3.05) is 18.4 Å². The fourth-order valence-corrected chi connectivity index (χ4v) is 2.45. The van der Waals surface area contributed by atoms with E-state index in [1.807, 2.05) is 5.38 Å². The van der Waals surface area contributed by atoms with E-state index in [2.05, 4.69) is 10.3 Å². The summed E-state index contributed by atoms with van der Waals surface area (Å²) in [6.45, 7) is 0.753. The monoisotopic (exact) mass is 254 g/mol. The number of nitrogens with zero attached hydrogens (tertiary/aromatic N) is 2. The van der Waals surface area contributed by atoms with E-state index >= 15 is 0 Å². The summed E-state index contributed by atoms with van der Waals surface area (Å²) in [5.74, 6) is -0.536. The number of carbonyl (C=O) groups is 2. The van der Waals surface area contributed by atoms with Crippen molar-refractivity contribution in [1.29, 1.82) is 0 Å². The summed E-state index contributed by atoms with van der Waals surface area (Å²) in [5, 5.41) is 5.46. The highest BCUT2D eigenvalue weighted by Gasteiger charge is 2.32. The Morgan fingerprint density at radius 3 is 3.12 bits per heavy atom. The molecule has 0 saturated carbocycles. The lowest BCUT2D eigenvalue weighted by atomic mass is 10.2. The average molecular weight is 254 g/mol. The molecule has 0 spiro atoms. The normalized spacial score (nSPS) is 19.3. The number of amides is 2. The van der Waals surface area contributed by atoms with Crippen LogP contribution in [0.2, 0.25) is 0 Å². The van der Waals surface area contributed by atoms with Gasteiger partial charge in [-0.15, -0.1) is 11.3 Å². The van der Waals surface area contributed by atoms with E-state index in [9.17, 15) is 9.59 Å². The molecular weight excluding hydrogens is 240 g/mol. The molecule has 0 aromatic carbocycles. The van der Waals surface area contributed by atoms with Crippen molar-refractivity contribution in [3.63, 3.8) is 0 Å². The summed E-state index contributed by atoms with van der Waals surface area (Å²) in [6, 6.07) is -0.444. The van der Waals surface area contributed by atoms with E-state index in [4.69, 9.17) is 5.73 Å². The van der Waals surface area contributed by atoms with Crippen LogP contribution in [0.25, 0.3) is 0 Å². The highest BCUT2D eigenvalue weighted by atomic mass is 32.1. The maximum atomic E-state index is 11.9. The fraction of sp³-hybridized carbons (Fsp3) is 0.500. The summed E-state index contributed by atoms with van der Waals surface area (Å²) >= 11 is 1.43. The maximum absolute atomic E-state index is 11.9. The fourth-order valence-electron chi connectivity index (χ4n) is 1.92. The highest BCUT2D eigenvalue weighted by Crippen LogP contribution is 2.17. The quantitative estimate of drug-likeness (QED) is 0.793. The van der Waals surface area contributed by atoms with Gasteiger partial charge < -0.3 is 16.0 Å². The van der Waals surface area contributed by atoms with Crippen LogP contribution in [-0.4, -0.2) is 40.8 Å². The summed E-state index contributed by atoms with van der Waals surface area (Å²) in [7, 11) is 0. The Labute approximate surface area is 103 Å². The van der Waals surface area contributed by atoms with Gasteiger partial charge in [0.1, 0.15) is 6.04 Å². The standard InChI is InChI=1S/C10H14N4O2S/c11-9(16)7-2-1-4-14(7)8(15)6-13-10-12-3-5-17-10/h3,5,7H,1-2,4,6H2,(H2,11,16)(H,12,13)/t7-/m0/s1. The van der Waals surface area contributed by atoms with Crippen molar-refractivity contribution in [2.45, 2.75) is 18.9 Å². The molecule has 2 heterocycles. The zero-order valence-corrected chi connectivity index (χ0v) is 10.1. The number of hydrogen-bond acceptors (Lipinski definition) is 5. The van der Waals surface area contributed by atoms with Crippen LogP contribution in [0.15, 0.2) is 11.6 Å². The highest BCUT2D eigenvalue weighted by molar-refractivity contribution is 7.13. The van der Waals surface area contributed by atoms with Gasteiger partial charge in [0.2, 0.25) is 11.8 Å². The van der Waals surface area contributed by atoms with Crippen molar-refractivity contribution in [3.05, 3.63) is 11.6 Å². The van der Waals surface area contributed by atoms with Gasteiger partial charge in [-0.25, -0.2) is 4.98 Å². The van der Waals surface area contributed by atoms with E-state index in [1.54, 1.807) is 11.1 Å². The molecular formula is C10H14N4O2S. The summed E-state index contributed by atoms with van der Waals surface area (Å²) in [6.07, 6.45) is 3.16. The van der Waals surface area contributed by atoms with Gasteiger partial charge in [-0.2, -0.15) is 0 Å². The number of likely N-dealkylation sites (tertiary alicyclic amines) is 1. The first kappa shape index (κ1) is 11.8. The van der Waals surface area contributed by atoms with Crippen molar-refractivity contribution >= 4 is 28.3 Å². The number of hydrogen-bond donors (Lipinski definition) is 2. The van der Waals surface area contributed by atoms with E-state index in [0.717, 1.165) is 6.42 Å². The smallest absolute Gasteiger partial charge is 0.242 e. The molecule has 1 aliphatic rings. The number of rotatable bonds is 4. The lowest BCUT2D eigenvalue weighted by Gasteiger charge is -2.22. The van der Waals surface area contributed by atoms with E-state index in [1.165, 1.54) is 11.3 Å². The van der Waals surface area contributed by atoms with Crippen LogP contribution in [-0.2, 0) is 9.59 Å². The summed E-state index contributed by atoms with van der Waals surface area (Å²) < 4.78 is 0. The average Bonchev–Trinajstić information content (AvgIpc) is 2.96. The van der Waals surface area contributed by atoms with Gasteiger partial charge >= 0.3 is 0 Å². The SMILES string of the molecule is NC(=O)[C@@H]1CCCN1C(=O)CNc1nccs1. The van der Waals surface area contributed by atoms with Gasteiger partial charge in [0.15, 0.2) is 5.13 Å². The number of aromatic nitrogens is 1. The molecule has 17 heavy (non-hydrogen) atoms. The van der Waals surface area contributed by atoms with Gasteiger partial charge in [0, 0.05) is 18.1 Å². The molecule has 7 heteroatoms. The van der Waals surface area contributed by atoms with Gasteiger partial charge in [0.05, 0.1) is 6.54 Å². The predicted molar refractivity (Wildman–Crippen MR) is 64.5 cm³/mol. The lowest BCUT2D eigenvalue weighted by molar-refractivity contribution is -0.135. The Balaban J connectivity index is 1.89. The molecule has 1 saturated heterocycles. The topological polar surface area (TPSA) is 88.3 Å². The lowest BCUT2D eigenvalue weighted by Crippen LogP contribution is -2.45. The van der Waals surface area contributed by atoms with Gasteiger partial charge in [-0.3, -0.25) is 9.59 Å². The number of anilines is 1. The minimum absolute atomic E-state index is 0.110. The van der Waals surface area contributed by atoms with Crippen LogP contribution < -0.4 is 11.1 Å².